The Morgan fingerprint density at radius 1 is 1.06 bits per heavy atom. The summed E-state index contributed by atoms with van der Waals surface area (Å²) in [5, 5.41) is 6.11. The summed E-state index contributed by atoms with van der Waals surface area (Å²) in [5.41, 5.74) is 3.10. The molecule has 0 spiro atoms. The number of ether oxygens (including phenoxy) is 2. The summed E-state index contributed by atoms with van der Waals surface area (Å²) in [7, 11) is 1.26. The maximum Gasteiger partial charge on any atom is 0.340 e. The lowest BCUT2D eigenvalue weighted by atomic mass is 9.83. The molecule has 4 aromatic rings. The van der Waals surface area contributed by atoms with Gasteiger partial charge in [0, 0.05) is 24.1 Å². The number of halogens is 1. The molecule has 0 aromatic heterocycles. The lowest BCUT2D eigenvalue weighted by Gasteiger charge is -2.33. The summed E-state index contributed by atoms with van der Waals surface area (Å²) >= 11 is 0. The van der Waals surface area contributed by atoms with E-state index in [4.69, 9.17) is 9.47 Å². The molecule has 0 amide bonds. The summed E-state index contributed by atoms with van der Waals surface area (Å²) < 4.78 is 25.4. The Morgan fingerprint density at radius 2 is 1.83 bits per heavy atom. The van der Waals surface area contributed by atoms with Crippen LogP contribution in [-0.2, 0) is 4.74 Å². The van der Waals surface area contributed by atoms with Gasteiger partial charge < -0.3 is 14.8 Å². The van der Waals surface area contributed by atoms with Crippen LogP contribution in [-0.4, -0.2) is 25.7 Å². The van der Waals surface area contributed by atoms with Crippen molar-refractivity contribution in [3.63, 3.8) is 0 Å². The molecule has 0 fully saturated rings. The van der Waals surface area contributed by atoms with Crippen molar-refractivity contribution < 1.29 is 18.7 Å². The third-order valence-corrected chi connectivity index (χ3v) is 6.83. The quantitative estimate of drug-likeness (QED) is 0.332. The van der Waals surface area contributed by atoms with Gasteiger partial charge >= 0.3 is 5.97 Å². The number of hydrogen-bond acceptors (Lipinski definition) is 4. The highest BCUT2D eigenvalue weighted by Crippen LogP contribution is 2.40. The van der Waals surface area contributed by atoms with Crippen LogP contribution in [0.1, 0.15) is 52.4 Å². The highest BCUT2D eigenvalue weighted by Gasteiger charge is 2.30. The fraction of sp³-hybridized carbons (Fsp3) is 0.233. The van der Waals surface area contributed by atoms with E-state index in [1.807, 2.05) is 24.3 Å². The maximum absolute atomic E-state index is 14.3. The largest absolute Gasteiger partial charge is 0.489 e. The van der Waals surface area contributed by atoms with Gasteiger partial charge in [0.2, 0.25) is 0 Å². The van der Waals surface area contributed by atoms with Gasteiger partial charge in [0.25, 0.3) is 0 Å². The Balaban J connectivity index is 1.39. The average Bonchev–Trinajstić information content (AvgIpc) is 2.90. The van der Waals surface area contributed by atoms with Crippen LogP contribution in [0.25, 0.3) is 10.8 Å². The number of fused-ring (bicyclic) bond motifs is 2. The first-order valence-electron chi connectivity index (χ1n) is 11.9. The fourth-order valence-corrected chi connectivity index (χ4v) is 5.01. The molecule has 1 N–H and O–H groups in total. The van der Waals surface area contributed by atoms with E-state index < -0.39 is 11.8 Å². The monoisotopic (exact) mass is 469 g/mol. The van der Waals surface area contributed by atoms with Crippen LogP contribution in [0.3, 0.4) is 0 Å². The van der Waals surface area contributed by atoms with Gasteiger partial charge in [0.05, 0.1) is 12.7 Å². The van der Waals surface area contributed by atoms with Crippen molar-refractivity contribution >= 4 is 16.7 Å². The van der Waals surface area contributed by atoms with Gasteiger partial charge in [-0.25, -0.2) is 9.18 Å². The summed E-state index contributed by atoms with van der Waals surface area (Å²) in [6.07, 6.45) is 0.623. The van der Waals surface area contributed by atoms with Crippen LogP contribution in [0.15, 0.2) is 84.9 Å². The Bertz CT molecular complexity index is 1360. The Kier molecular flexibility index (Phi) is 6.51. The molecule has 1 aliphatic heterocycles. The topological polar surface area (TPSA) is 47.6 Å². The summed E-state index contributed by atoms with van der Waals surface area (Å²) in [6.45, 7) is 2.82. The van der Waals surface area contributed by atoms with E-state index in [9.17, 15) is 9.18 Å². The molecule has 0 saturated carbocycles. The molecule has 0 radical (unpaired) electrons. The zero-order valence-corrected chi connectivity index (χ0v) is 19.8. The molecule has 5 heteroatoms. The number of nitrogens with one attached hydrogen (secondary N) is 1. The van der Waals surface area contributed by atoms with Crippen molar-refractivity contribution in [1.29, 1.82) is 0 Å². The minimum absolute atomic E-state index is 0.0244. The van der Waals surface area contributed by atoms with E-state index in [0.717, 1.165) is 16.9 Å². The first-order valence-corrected chi connectivity index (χ1v) is 11.9. The van der Waals surface area contributed by atoms with Crippen LogP contribution in [0, 0.1) is 5.82 Å². The Labute approximate surface area is 204 Å². The molecule has 3 unspecified atom stereocenters. The van der Waals surface area contributed by atoms with Gasteiger partial charge in [-0.15, -0.1) is 0 Å². The maximum atomic E-state index is 14.3. The standard InChI is InChI=1S/C30H28FNO3/c1-19(23-12-7-9-20-8-3-4-10-24(20)23)32-18-22-17-26(25-11-5-6-13-29(25)35-22)21-14-15-28(31)27(16-21)30(33)34-2/h3-16,19,22,26,32H,17-18H2,1-2H3. The van der Waals surface area contributed by atoms with E-state index in [-0.39, 0.29) is 23.6 Å². The van der Waals surface area contributed by atoms with Crippen LogP contribution in [0.5, 0.6) is 5.75 Å². The van der Waals surface area contributed by atoms with Crippen LogP contribution >= 0.6 is 0 Å². The van der Waals surface area contributed by atoms with Gasteiger partial charge in [0.1, 0.15) is 17.7 Å². The number of esters is 1. The molecular weight excluding hydrogens is 441 g/mol. The van der Waals surface area contributed by atoms with E-state index in [1.165, 1.54) is 29.5 Å². The summed E-state index contributed by atoms with van der Waals surface area (Å²) in [4.78, 5) is 12.1. The van der Waals surface area contributed by atoms with Crippen LogP contribution in [0.2, 0.25) is 0 Å². The summed E-state index contributed by atoms with van der Waals surface area (Å²) in [6, 6.07) is 27.5. The molecule has 0 bridgehead atoms. The second-order valence-corrected chi connectivity index (χ2v) is 9.00. The smallest absolute Gasteiger partial charge is 0.340 e. The second-order valence-electron chi connectivity index (χ2n) is 9.00. The number of methoxy groups -OCH3 is 1. The lowest BCUT2D eigenvalue weighted by molar-refractivity contribution is 0.0595. The van der Waals surface area contributed by atoms with Crippen molar-refractivity contribution in [2.45, 2.75) is 31.4 Å². The number of hydrogen-bond donors (Lipinski definition) is 1. The number of carbonyl (C=O) groups is 1. The number of para-hydroxylation sites is 1. The molecule has 0 aliphatic carbocycles. The minimum atomic E-state index is -0.674. The van der Waals surface area contributed by atoms with Crippen LogP contribution in [0.4, 0.5) is 4.39 Å². The highest BCUT2D eigenvalue weighted by molar-refractivity contribution is 5.90. The predicted molar refractivity (Wildman–Crippen MR) is 135 cm³/mol. The molecule has 35 heavy (non-hydrogen) atoms. The molecule has 1 aliphatic rings. The Hall–Kier alpha value is -3.70. The third kappa shape index (κ3) is 4.64. The molecule has 1 heterocycles. The predicted octanol–water partition coefficient (Wildman–Crippen LogP) is 6.40. The molecular formula is C30H28FNO3. The molecule has 3 atom stereocenters. The van der Waals surface area contributed by atoms with Gasteiger partial charge in [0.15, 0.2) is 0 Å². The molecule has 0 saturated heterocycles. The van der Waals surface area contributed by atoms with Crippen molar-refractivity contribution in [2.75, 3.05) is 13.7 Å². The average molecular weight is 470 g/mol. The van der Waals surface area contributed by atoms with E-state index in [0.29, 0.717) is 13.0 Å². The number of benzene rings is 4. The highest BCUT2D eigenvalue weighted by atomic mass is 19.1. The number of rotatable bonds is 6. The van der Waals surface area contributed by atoms with E-state index >= 15 is 0 Å². The normalized spacial score (nSPS) is 17.9. The first-order chi connectivity index (χ1) is 17.0. The molecule has 4 aromatic carbocycles. The van der Waals surface area contributed by atoms with Crippen LogP contribution < -0.4 is 10.1 Å². The molecule has 178 valence electrons. The minimum Gasteiger partial charge on any atom is -0.489 e. The zero-order valence-electron chi connectivity index (χ0n) is 19.8. The second kappa shape index (κ2) is 9.88. The van der Waals surface area contributed by atoms with Gasteiger partial charge in [-0.1, -0.05) is 66.7 Å². The van der Waals surface area contributed by atoms with Crippen molar-refractivity contribution in [2.24, 2.45) is 0 Å². The zero-order chi connectivity index (χ0) is 24.4. The number of carbonyl (C=O) groups excluding carboxylic acids is 1. The van der Waals surface area contributed by atoms with E-state index in [1.54, 1.807) is 12.1 Å². The summed E-state index contributed by atoms with van der Waals surface area (Å²) in [5.74, 6) is -0.462. The Morgan fingerprint density at radius 3 is 2.69 bits per heavy atom. The van der Waals surface area contributed by atoms with E-state index in [2.05, 4.69) is 54.7 Å². The van der Waals surface area contributed by atoms with Gasteiger partial charge in [-0.2, -0.15) is 0 Å². The first kappa shape index (κ1) is 23.1. The SMILES string of the molecule is COC(=O)c1cc(C2CC(CNC(C)c3cccc4ccccc34)Oc3ccccc32)ccc1F. The lowest BCUT2D eigenvalue weighted by Crippen LogP contribution is -2.37. The van der Waals surface area contributed by atoms with Gasteiger partial charge in [-0.3, -0.25) is 0 Å². The molecule has 5 rings (SSSR count). The van der Waals surface area contributed by atoms with Crippen molar-refractivity contribution in [3.8, 4) is 5.75 Å². The van der Waals surface area contributed by atoms with Crippen molar-refractivity contribution in [1.82, 2.24) is 5.32 Å². The third-order valence-electron chi connectivity index (χ3n) is 6.83. The fourth-order valence-electron chi connectivity index (χ4n) is 5.01. The van der Waals surface area contributed by atoms with Crippen molar-refractivity contribution in [3.05, 3.63) is 113 Å². The van der Waals surface area contributed by atoms with Gasteiger partial charge in [-0.05, 0) is 53.4 Å². The molecule has 4 nitrogen and oxygen atoms in total.